The van der Waals surface area contributed by atoms with E-state index >= 15 is 0 Å². The molecule has 2 N–H and O–H groups in total. The molecule has 1 aromatic carbocycles. The van der Waals surface area contributed by atoms with Crippen LogP contribution in [0.2, 0.25) is 0 Å². The Morgan fingerprint density at radius 3 is 2.60 bits per heavy atom. The summed E-state index contributed by atoms with van der Waals surface area (Å²) in [7, 11) is -2.06. The first-order valence-electron chi connectivity index (χ1n) is 9.33. The van der Waals surface area contributed by atoms with Crippen molar-refractivity contribution in [1.82, 2.24) is 15.0 Å². The van der Waals surface area contributed by atoms with Crippen LogP contribution >= 0.6 is 22.6 Å². The van der Waals surface area contributed by atoms with Gasteiger partial charge in [0, 0.05) is 22.7 Å². The maximum Gasteiger partial charge on any atom is 0.255 e. The van der Waals surface area contributed by atoms with Crippen LogP contribution in [0.25, 0.3) is 22.4 Å². The van der Waals surface area contributed by atoms with E-state index in [1.165, 1.54) is 31.3 Å². The number of furan rings is 1. The molecule has 0 unspecified atom stereocenters. The monoisotopic (exact) mass is 545 g/mol. The van der Waals surface area contributed by atoms with Crippen molar-refractivity contribution in [3.05, 3.63) is 51.0 Å². The fourth-order valence-electron chi connectivity index (χ4n) is 2.93. The first-order chi connectivity index (χ1) is 14.3. The van der Waals surface area contributed by atoms with Gasteiger partial charge in [0.15, 0.2) is 0 Å². The van der Waals surface area contributed by atoms with Gasteiger partial charge in [-0.25, -0.2) is 22.5 Å². The molecule has 160 valence electrons. The molecule has 0 spiro atoms. The Morgan fingerprint density at radius 1 is 1.27 bits per heavy atom. The van der Waals surface area contributed by atoms with Gasteiger partial charge in [0.1, 0.15) is 17.3 Å². The Bertz CT molecular complexity index is 1180. The van der Waals surface area contributed by atoms with Gasteiger partial charge in [-0.2, -0.15) is 0 Å². The van der Waals surface area contributed by atoms with Crippen LogP contribution in [0.5, 0.6) is 0 Å². The number of sulfonamides is 1. The lowest BCUT2D eigenvalue weighted by molar-refractivity contribution is 0.0964. The maximum absolute atomic E-state index is 13.3. The molecule has 0 bridgehead atoms. The van der Waals surface area contributed by atoms with Gasteiger partial charge in [0.05, 0.1) is 16.6 Å². The molecular formula is C20H21FIN3O4S. The van der Waals surface area contributed by atoms with Crippen molar-refractivity contribution < 1.29 is 22.0 Å². The van der Waals surface area contributed by atoms with Gasteiger partial charge in [0.25, 0.3) is 5.91 Å². The standard InChI is InChI=1S/C20H21FIN3O4S/c1-3-4-9-24-30(27,28)11-16-15(22)10-14-17(19(26)23-2)18(29-20(14)25-16)12-5-7-13(21)8-6-12/h5-8,10,24H,3-4,9,11H2,1-2H3,(H,23,26). The average Bonchev–Trinajstić information content (AvgIpc) is 3.06. The lowest BCUT2D eigenvalue weighted by atomic mass is 10.1. The van der Waals surface area contributed by atoms with E-state index in [0.717, 1.165) is 12.8 Å². The van der Waals surface area contributed by atoms with Gasteiger partial charge in [-0.3, -0.25) is 4.79 Å². The number of nitrogens with zero attached hydrogens (tertiary/aromatic N) is 1. The van der Waals surface area contributed by atoms with Crippen molar-refractivity contribution in [2.75, 3.05) is 13.6 Å². The van der Waals surface area contributed by atoms with Crippen LogP contribution in [0, 0.1) is 9.39 Å². The van der Waals surface area contributed by atoms with Crippen molar-refractivity contribution in [2.24, 2.45) is 0 Å². The summed E-state index contributed by atoms with van der Waals surface area (Å²) in [6.45, 7) is 2.35. The smallest absolute Gasteiger partial charge is 0.255 e. The van der Waals surface area contributed by atoms with Crippen LogP contribution in [0.15, 0.2) is 34.7 Å². The van der Waals surface area contributed by atoms with Gasteiger partial charge >= 0.3 is 0 Å². The molecule has 10 heteroatoms. The Balaban J connectivity index is 2.08. The molecular weight excluding hydrogens is 524 g/mol. The van der Waals surface area contributed by atoms with Gasteiger partial charge in [-0.1, -0.05) is 13.3 Å². The van der Waals surface area contributed by atoms with Gasteiger partial charge in [-0.15, -0.1) is 0 Å². The van der Waals surface area contributed by atoms with E-state index in [9.17, 15) is 17.6 Å². The van der Waals surface area contributed by atoms with E-state index in [1.54, 1.807) is 6.07 Å². The Labute approximate surface area is 187 Å². The fraction of sp³-hybridized carbons (Fsp3) is 0.300. The number of amides is 1. The Kier molecular flexibility index (Phi) is 7.09. The molecule has 0 saturated carbocycles. The average molecular weight is 545 g/mol. The van der Waals surface area contributed by atoms with Crippen molar-refractivity contribution in [3.63, 3.8) is 0 Å². The lowest BCUT2D eigenvalue weighted by Crippen LogP contribution is -2.26. The number of fused-ring (bicyclic) bond motifs is 1. The molecule has 2 heterocycles. The van der Waals surface area contributed by atoms with Gasteiger partial charge in [-0.05, 0) is 59.3 Å². The summed E-state index contributed by atoms with van der Waals surface area (Å²) < 4.78 is 47.0. The van der Waals surface area contributed by atoms with Crippen LogP contribution in [0.3, 0.4) is 0 Å². The van der Waals surface area contributed by atoms with Crippen molar-refractivity contribution >= 4 is 49.6 Å². The number of halogens is 2. The van der Waals surface area contributed by atoms with Crippen LogP contribution in [-0.2, 0) is 15.8 Å². The number of hydrogen-bond donors (Lipinski definition) is 2. The second-order valence-electron chi connectivity index (χ2n) is 6.67. The highest BCUT2D eigenvalue weighted by Crippen LogP contribution is 2.34. The Hall–Kier alpha value is -2.05. The number of carbonyl (C=O) groups is 1. The third kappa shape index (κ3) is 4.98. The summed E-state index contributed by atoms with van der Waals surface area (Å²) in [5, 5.41) is 3.03. The number of aromatic nitrogens is 1. The minimum Gasteiger partial charge on any atom is -0.437 e. The first-order valence-corrected chi connectivity index (χ1v) is 12.1. The number of carbonyl (C=O) groups excluding carboxylic acids is 1. The topological polar surface area (TPSA) is 101 Å². The highest BCUT2D eigenvalue weighted by Gasteiger charge is 2.25. The van der Waals surface area contributed by atoms with Crippen LogP contribution in [0.4, 0.5) is 4.39 Å². The van der Waals surface area contributed by atoms with Crippen LogP contribution < -0.4 is 10.0 Å². The Morgan fingerprint density at radius 2 is 1.97 bits per heavy atom. The first kappa shape index (κ1) is 22.6. The number of pyridine rings is 1. The summed E-state index contributed by atoms with van der Waals surface area (Å²) in [6, 6.07) is 7.24. The van der Waals surface area contributed by atoms with Gasteiger partial charge < -0.3 is 9.73 Å². The second-order valence-corrected chi connectivity index (χ2v) is 9.64. The summed E-state index contributed by atoms with van der Waals surface area (Å²) in [6.07, 6.45) is 1.63. The molecule has 0 saturated heterocycles. The van der Waals surface area contributed by atoms with E-state index < -0.39 is 15.8 Å². The number of hydrogen-bond acceptors (Lipinski definition) is 5. The second kappa shape index (κ2) is 9.40. The van der Waals surface area contributed by atoms with E-state index in [4.69, 9.17) is 4.42 Å². The van der Waals surface area contributed by atoms with E-state index in [2.05, 4.69) is 15.0 Å². The minimum atomic E-state index is -3.56. The maximum atomic E-state index is 13.3. The number of benzene rings is 1. The minimum absolute atomic E-state index is 0.145. The molecule has 1 amide bonds. The summed E-state index contributed by atoms with van der Waals surface area (Å²) in [5.74, 6) is -0.847. The highest BCUT2D eigenvalue weighted by molar-refractivity contribution is 14.1. The third-order valence-electron chi connectivity index (χ3n) is 4.45. The molecule has 2 aromatic heterocycles. The fourth-order valence-corrected chi connectivity index (χ4v) is 4.95. The summed E-state index contributed by atoms with van der Waals surface area (Å²) in [4.78, 5) is 16.9. The molecule has 0 fully saturated rings. The normalized spacial score (nSPS) is 11.7. The molecule has 3 aromatic rings. The number of nitrogens with one attached hydrogen (secondary N) is 2. The zero-order valence-electron chi connectivity index (χ0n) is 16.5. The zero-order chi connectivity index (χ0) is 21.9. The lowest BCUT2D eigenvalue weighted by Gasteiger charge is -2.07. The molecule has 3 rings (SSSR count). The van der Waals surface area contributed by atoms with E-state index in [0.29, 0.717) is 26.8 Å². The molecule has 0 atom stereocenters. The molecule has 7 nitrogen and oxygen atoms in total. The number of rotatable bonds is 8. The largest absolute Gasteiger partial charge is 0.437 e. The van der Waals surface area contributed by atoms with Gasteiger partial charge in [0.2, 0.25) is 15.7 Å². The third-order valence-corrected chi connectivity index (χ3v) is 6.68. The molecule has 0 aliphatic rings. The van der Waals surface area contributed by atoms with Crippen molar-refractivity contribution in [2.45, 2.75) is 25.5 Å². The van der Waals surface area contributed by atoms with E-state index in [-0.39, 0.29) is 28.7 Å². The quantitative estimate of drug-likeness (QED) is 0.331. The van der Waals surface area contributed by atoms with Crippen LogP contribution in [-0.4, -0.2) is 32.9 Å². The summed E-state index contributed by atoms with van der Waals surface area (Å²) >= 11 is 2.00. The molecule has 0 aliphatic carbocycles. The van der Waals surface area contributed by atoms with E-state index in [1.807, 2.05) is 29.5 Å². The molecule has 0 aliphatic heterocycles. The SMILES string of the molecule is CCCCNS(=O)(=O)Cc1nc2oc(-c3ccc(F)cc3)c(C(=O)NC)c2cc1I. The predicted octanol–water partition coefficient (Wildman–Crippen LogP) is 3.82. The van der Waals surface area contributed by atoms with Crippen LogP contribution in [0.1, 0.15) is 35.8 Å². The molecule has 30 heavy (non-hydrogen) atoms. The van der Waals surface area contributed by atoms with Crippen molar-refractivity contribution in [1.29, 1.82) is 0 Å². The summed E-state index contributed by atoms with van der Waals surface area (Å²) in [5.41, 5.74) is 1.25. The van der Waals surface area contributed by atoms with Crippen molar-refractivity contribution in [3.8, 4) is 11.3 Å². The highest BCUT2D eigenvalue weighted by atomic mass is 127. The molecule has 0 radical (unpaired) electrons. The zero-order valence-corrected chi connectivity index (χ0v) is 19.4. The number of unbranched alkanes of at least 4 members (excludes halogenated alkanes) is 1. The predicted molar refractivity (Wildman–Crippen MR) is 121 cm³/mol.